The lowest BCUT2D eigenvalue weighted by Crippen LogP contribution is -2.44. The molecule has 2 aliphatic rings. The van der Waals surface area contributed by atoms with E-state index in [4.69, 9.17) is 5.10 Å². The molecule has 2 aromatic rings. The van der Waals surface area contributed by atoms with Crippen LogP contribution in [0.4, 0.5) is 0 Å². The average molecular weight is 399 g/mol. The molecular weight excluding hydrogens is 360 g/mol. The van der Waals surface area contributed by atoms with E-state index in [1.165, 1.54) is 50.2 Å². The fourth-order valence-electron chi connectivity index (χ4n) is 5.57. The van der Waals surface area contributed by atoms with Gasteiger partial charge in [0.15, 0.2) is 0 Å². The zero-order chi connectivity index (χ0) is 20.6. The summed E-state index contributed by atoms with van der Waals surface area (Å²) < 4.78 is 4.33. The molecule has 0 aliphatic carbocycles. The Hall–Kier alpha value is -1.66. The van der Waals surface area contributed by atoms with Crippen LogP contribution in [0.2, 0.25) is 0 Å². The highest BCUT2D eigenvalue weighted by Crippen LogP contribution is 2.39. The molecule has 0 saturated carbocycles. The lowest BCUT2D eigenvalue weighted by atomic mass is 9.96. The Balaban J connectivity index is 1.46. The van der Waals surface area contributed by atoms with Crippen molar-refractivity contribution in [3.8, 4) is 0 Å². The minimum Gasteiger partial charge on any atom is -0.292 e. The van der Waals surface area contributed by atoms with Gasteiger partial charge in [0.25, 0.3) is 0 Å². The molecule has 4 rings (SSSR count). The quantitative estimate of drug-likeness (QED) is 0.702. The molecule has 6 nitrogen and oxygen atoms in total. The van der Waals surface area contributed by atoms with Gasteiger partial charge >= 0.3 is 0 Å². The molecule has 2 saturated heterocycles. The highest BCUT2D eigenvalue weighted by molar-refractivity contribution is 5.12. The van der Waals surface area contributed by atoms with E-state index < -0.39 is 0 Å². The summed E-state index contributed by atoms with van der Waals surface area (Å²) in [6, 6.07) is 6.01. The third-order valence-corrected chi connectivity index (χ3v) is 7.21. The Kier molecular flexibility index (Phi) is 5.85. The van der Waals surface area contributed by atoms with E-state index in [1.807, 2.05) is 17.1 Å². The van der Waals surface area contributed by atoms with Crippen molar-refractivity contribution in [2.24, 2.45) is 7.05 Å². The summed E-state index contributed by atoms with van der Waals surface area (Å²) in [7, 11) is 2.07. The van der Waals surface area contributed by atoms with E-state index >= 15 is 0 Å². The summed E-state index contributed by atoms with van der Waals surface area (Å²) in [5.41, 5.74) is 2.87. The molecule has 29 heavy (non-hydrogen) atoms. The number of aryl methyl sites for hydroxylation is 2. The second-order valence-electron chi connectivity index (χ2n) is 9.76. The molecule has 6 heteroatoms. The van der Waals surface area contributed by atoms with Crippen LogP contribution in [-0.2, 0) is 13.6 Å². The minimum atomic E-state index is 0.127. The molecule has 0 N–H and O–H groups in total. The normalized spacial score (nSPS) is 24.2. The van der Waals surface area contributed by atoms with Crippen LogP contribution in [0.3, 0.4) is 0 Å². The maximum atomic E-state index is 4.72. The summed E-state index contributed by atoms with van der Waals surface area (Å²) in [5, 5.41) is 9.14. The highest BCUT2D eigenvalue weighted by atomic mass is 15.3. The summed E-state index contributed by atoms with van der Waals surface area (Å²) >= 11 is 0. The molecule has 2 aliphatic heterocycles. The zero-order valence-electron chi connectivity index (χ0n) is 18.9. The Morgan fingerprint density at radius 3 is 2.41 bits per heavy atom. The lowest BCUT2D eigenvalue weighted by Gasteiger charge is -2.40. The van der Waals surface area contributed by atoms with Crippen molar-refractivity contribution in [2.45, 2.75) is 90.0 Å². The number of rotatable bonds is 7. The van der Waals surface area contributed by atoms with E-state index in [-0.39, 0.29) is 5.54 Å². The molecular formula is C23H38N6. The van der Waals surface area contributed by atoms with Crippen LogP contribution in [0.5, 0.6) is 0 Å². The Labute approximate surface area is 175 Å². The first-order valence-electron chi connectivity index (χ1n) is 11.4. The Bertz CT molecular complexity index is 804. The Morgan fingerprint density at radius 2 is 1.69 bits per heavy atom. The molecule has 0 amide bonds. The van der Waals surface area contributed by atoms with Gasteiger partial charge in [-0.2, -0.15) is 10.2 Å². The van der Waals surface area contributed by atoms with Gasteiger partial charge < -0.3 is 0 Å². The van der Waals surface area contributed by atoms with Crippen molar-refractivity contribution in [3.63, 3.8) is 0 Å². The summed E-state index contributed by atoms with van der Waals surface area (Å²) in [4.78, 5) is 5.33. The first-order valence-corrected chi connectivity index (χ1v) is 11.4. The molecule has 0 radical (unpaired) electrons. The monoisotopic (exact) mass is 398 g/mol. The van der Waals surface area contributed by atoms with Crippen molar-refractivity contribution < 1.29 is 0 Å². The average Bonchev–Trinajstić information content (AvgIpc) is 3.43. The third kappa shape index (κ3) is 4.02. The second kappa shape index (κ2) is 8.23. The van der Waals surface area contributed by atoms with Crippen molar-refractivity contribution in [1.29, 1.82) is 0 Å². The molecule has 0 bridgehead atoms. The maximum Gasteiger partial charge on any atom is 0.0555 e. The van der Waals surface area contributed by atoms with Crippen LogP contribution >= 0.6 is 0 Å². The predicted molar refractivity (Wildman–Crippen MR) is 117 cm³/mol. The van der Waals surface area contributed by atoms with Crippen molar-refractivity contribution in [2.75, 3.05) is 13.1 Å². The van der Waals surface area contributed by atoms with E-state index in [2.05, 4.69) is 66.5 Å². The fourth-order valence-corrected chi connectivity index (χ4v) is 5.57. The van der Waals surface area contributed by atoms with E-state index in [0.717, 1.165) is 13.0 Å². The first kappa shape index (κ1) is 20.6. The molecule has 160 valence electrons. The molecule has 0 aromatic carbocycles. The predicted octanol–water partition coefficient (Wildman–Crippen LogP) is 4.17. The van der Waals surface area contributed by atoms with Crippen LogP contribution in [0.15, 0.2) is 24.5 Å². The standard InChI is InChI=1S/C23H38N6/c1-18(2)27-15-6-8-20(27)22-11-14-25-29(22)17-12-23(3,4)28-16-7-9-21(28)19-10-13-24-26(19)5/h10-11,13-14,18,20-21H,6-9,12,15-17H2,1-5H3/t20-,21+/m1/s1. The van der Waals surface area contributed by atoms with Crippen LogP contribution in [0.25, 0.3) is 0 Å². The van der Waals surface area contributed by atoms with Crippen LogP contribution in [0.1, 0.15) is 83.3 Å². The highest BCUT2D eigenvalue weighted by Gasteiger charge is 2.38. The number of nitrogens with zero attached hydrogens (tertiary/aromatic N) is 6. The molecule has 2 fully saturated rings. The van der Waals surface area contributed by atoms with Gasteiger partial charge in [-0.3, -0.25) is 19.2 Å². The van der Waals surface area contributed by atoms with E-state index in [0.29, 0.717) is 18.1 Å². The second-order valence-corrected chi connectivity index (χ2v) is 9.76. The molecule has 2 aromatic heterocycles. The zero-order valence-corrected chi connectivity index (χ0v) is 18.9. The molecule has 2 atom stereocenters. The maximum absolute atomic E-state index is 4.72. The van der Waals surface area contributed by atoms with Gasteiger partial charge in [-0.05, 0) is 85.0 Å². The molecule has 0 unspecified atom stereocenters. The van der Waals surface area contributed by atoms with Gasteiger partial charge in [-0.1, -0.05) is 0 Å². The van der Waals surface area contributed by atoms with Gasteiger partial charge in [0.1, 0.15) is 0 Å². The summed E-state index contributed by atoms with van der Waals surface area (Å²) in [6.07, 6.45) is 10.1. The van der Waals surface area contributed by atoms with Gasteiger partial charge in [0, 0.05) is 37.6 Å². The number of likely N-dealkylation sites (tertiary alicyclic amines) is 2. The lowest BCUT2D eigenvalue weighted by molar-refractivity contribution is 0.0866. The van der Waals surface area contributed by atoms with Gasteiger partial charge in [-0.15, -0.1) is 0 Å². The number of hydrogen-bond donors (Lipinski definition) is 0. The van der Waals surface area contributed by atoms with Gasteiger partial charge in [-0.25, -0.2) is 0 Å². The van der Waals surface area contributed by atoms with Gasteiger partial charge in [0.2, 0.25) is 0 Å². The van der Waals surface area contributed by atoms with Crippen molar-refractivity contribution in [1.82, 2.24) is 29.4 Å². The fraction of sp³-hybridized carbons (Fsp3) is 0.739. The molecule has 4 heterocycles. The Morgan fingerprint density at radius 1 is 1.00 bits per heavy atom. The first-order chi connectivity index (χ1) is 13.9. The summed E-state index contributed by atoms with van der Waals surface area (Å²) in [6.45, 7) is 12.8. The smallest absolute Gasteiger partial charge is 0.0555 e. The van der Waals surface area contributed by atoms with Crippen molar-refractivity contribution in [3.05, 3.63) is 35.9 Å². The van der Waals surface area contributed by atoms with Gasteiger partial charge in [0.05, 0.1) is 23.5 Å². The minimum absolute atomic E-state index is 0.127. The SMILES string of the molecule is CC(C)N1CCC[C@@H]1c1ccnn1CCC(C)(C)N1CCC[C@H]1c1ccnn1C. The molecule has 0 spiro atoms. The topological polar surface area (TPSA) is 42.1 Å². The number of hydrogen-bond acceptors (Lipinski definition) is 4. The van der Waals surface area contributed by atoms with Crippen LogP contribution < -0.4 is 0 Å². The van der Waals surface area contributed by atoms with Crippen molar-refractivity contribution >= 4 is 0 Å². The van der Waals surface area contributed by atoms with E-state index in [9.17, 15) is 0 Å². The number of aromatic nitrogens is 4. The summed E-state index contributed by atoms with van der Waals surface area (Å²) in [5.74, 6) is 0. The van der Waals surface area contributed by atoms with Crippen LogP contribution in [0, 0.1) is 0 Å². The van der Waals surface area contributed by atoms with E-state index in [1.54, 1.807) is 0 Å². The largest absolute Gasteiger partial charge is 0.292 e. The third-order valence-electron chi connectivity index (χ3n) is 7.21. The van der Waals surface area contributed by atoms with Crippen LogP contribution in [-0.4, -0.2) is 54.0 Å².